The van der Waals surface area contributed by atoms with Crippen molar-refractivity contribution in [3.63, 3.8) is 0 Å². The highest BCUT2D eigenvalue weighted by Crippen LogP contribution is 2.23. The third kappa shape index (κ3) is 5.48. The van der Waals surface area contributed by atoms with E-state index < -0.39 is 6.10 Å². The molecule has 0 fully saturated rings. The molecule has 0 saturated heterocycles. The first-order valence-corrected chi connectivity index (χ1v) is 7.29. The van der Waals surface area contributed by atoms with Crippen LogP contribution < -0.4 is 15.8 Å². The predicted molar refractivity (Wildman–Crippen MR) is 81.9 cm³/mol. The molecule has 3 N–H and O–H groups in total. The Morgan fingerprint density at radius 3 is 2.90 bits per heavy atom. The number of halogens is 1. The molecule has 0 aliphatic carbocycles. The molecule has 112 valence electrons. The fraction of sp³-hybridized carbons (Fsp3) is 0.500. The number of carbonyl (C=O) groups excluding carboxylic acids is 1. The van der Waals surface area contributed by atoms with Gasteiger partial charge in [0.05, 0.1) is 6.61 Å². The van der Waals surface area contributed by atoms with E-state index in [-0.39, 0.29) is 5.91 Å². The maximum Gasteiger partial charge on any atom is 0.260 e. The Labute approximate surface area is 127 Å². The second-order valence-corrected chi connectivity index (χ2v) is 5.19. The summed E-state index contributed by atoms with van der Waals surface area (Å²) in [7, 11) is 1.59. The Kier molecular flexibility index (Phi) is 7.58. The zero-order valence-corrected chi connectivity index (χ0v) is 13.4. The van der Waals surface area contributed by atoms with E-state index in [0.717, 1.165) is 16.5 Å². The number of ether oxygens (including phenoxy) is 2. The van der Waals surface area contributed by atoms with Crippen molar-refractivity contribution in [2.24, 2.45) is 5.73 Å². The lowest BCUT2D eigenvalue weighted by Gasteiger charge is -2.15. The van der Waals surface area contributed by atoms with Crippen LogP contribution in [0, 0.1) is 0 Å². The molecule has 6 heteroatoms. The number of benzene rings is 1. The molecule has 0 aromatic heterocycles. The topological polar surface area (TPSA) is 73.6 Å². The number of rotatable bonds is 8. The van der Waals surface area contributed by atoms with Gasteiger partial charge in [-0.3, -0.25) is 4.79 Å². The van der Waals surface area contributed by atoms with E-state index in [0.29, 0.717) is 25.4 Å². The van der Waals surface area contributed by atoms with Crippen LogP contribution >= 0.6 is 15.9 Å². The smallest absolute Gasteiger partial charge is 0.260 e. The quantitative estimate of drug-likeness (QED) is 0.700. The van der Waals surface area contributed by atoms with Crippen molar-refractivity contribution in [1.82, 2.24) is 5.32 Å². The minimum Gasteiger partial charge on any atom is -0.481 e. The lowest BCUT2D eigenvalue weighted by Crippen LogP contribution is -2.37. The second kappa shape index (κ2) is 8.94. The number of amides is 1. The molecule has 0 bridgehead atoms. The van der Waals surface area contributed by atoms with Crippen molar-refractivity contribution in [2.45, 2.75) is 19.4 Å². The third-order valence-electron chi connectivity index (χ3n) is 2.72. The molecule has 1 aromatic carbocycles. The highest BCUT2D eigenvalue weighted by molar-refractivity contribution is 9.10. The van der Waals surface area contributed by atoms with Gasteiger partial charge in [-0.25, -0.2) is 0 Å². The largest absolute Gasteiger partial charge is 0.481 e. The van der Waals surface area contributed by atoms with E-state index in [1.807, 2.05) is 18.2 Å². The first-order chi connectivity index (χ1) is 9.58. The van der Waals surface area contributed by atoms with Gasteiger partial charge in [-0.05, 0) is 43.7 Å². The molecule has 0 heterocycles. The Bertz CT molecular complexity index is 440. The summed E-state index contributed by atoms with van der Waals surface area (Å²) in [5, 5.41) is 2.74. The molecule has 5 nitrogen and oxygen atoms in total. The number of hydrogen-bond acceptors (Lipinski definition) is 4. The summed E-state index contributed by atoms with van der Waals surface area (Å²) in [6.45, 7) is 3.24. The lowest BCUT2D eigenvalue weighted by molar-refractivity contribution is -0.127. The van der Waals surface area contributed by atoms with Crippen molar-refractivity contribution in [3.8, 4) is 5.75 Å². The van der Waals surface area contributed by atoms with Crippen LogP contribution in [0.15, 0.2) is 22.7 Å². The Morgan fingerprint density at radius 1 is 1.50 bits per heavy atom. The highest BCUT2D eigenvalue weighted by Gasteiger charge is 2.14. The van der Waals surface area contributed by atoms with Gasteiger partial charge in [0.25, 0.3) is 5.91 Å². The average molecular weight is 345 g/mol. The van der Waals surface area contributed by atoms with Gasteiger partial charge in [-0.2, -0.15) is 0 Å². The van der Waals surface area contributed by atoms with Gasteiger partial charge in [-0.1, -0.05) is 15.9 Å². The van der Waals surface area contributed by atoms with E-state index in [9.17, 15) is 4.79 Å². The first kappa shape index (κ1) is 16.9. The molecular weight excluding hydrogens is 324 g/mol. The Hall–Kier alpha value is -1.11. The zero-order valence-electron chi connectivity index (χ0n) is 11.8. The van der Waals surface area contributed by atoms with Crippen LogP contribution in [0.4, 0.5) is 0 Å². The minimum absolute atomic E-state index is 0.162. The van der Waals surface area contributed by atoms with Gasteiger partial charge in [0.2, 0.25) is 0 Å². The van der Waals surface area contributed by atoms with Gasteiger partial charge in [0, 0.05) is 18.1 Å². The number of hydrogen-bond donors (Lipinski definition) is 2. The molecule has 0 saturated carbocycles. The number of methoxy groups -OCH3 is 1. The van der Waals surface area contributed by atoms with E-state index >= 15 is 0 Å². The maximum absolute atomic E-state index is 11.8. The molecule has 0 radical (unpaired) electrons. The standard InChI is InChI=1S/C14H21BrN2O3/c1-10(14(18)17-7-8-19-2)20-12-3-4-13(15)11(9-12)5-6-16/h3-4,9-10H,5-8,16H2,1-2H3,(H,17,18). The summed E-state index contributed by atoms with van der Waals surface area (Å²) in [5.41, 5.74) is 6.63. The molecule has 1 aromatic rings. The van der Waals surface area contributed by atoms with Crippen molar-refractivity contribution >= 4 is 21.8 Å². The van der Waals surface area contributed by atoms with Crippen LogP contribution in [0.1, 0.15) is 12.5 Å². The molecule has 1 unspecified atom stereocenters. The van der Waals surface area contributed by atoms with Gasteiger partial charge in [0.15, 0.2) is 6.10 Å². The van der Waals surface area contributed by atoms with Crippen LogP contribution in [0.2, 0.25) is 0 Å². The van der Waals surface area contributed by atoms with E-state index in [1.165, 1.54) is 0 Å². The molecule has 0 aliphatic rings. The zero-order chi connectivity index (χ0) is 15.0. The van der Waals surface area contributed by atoms with Gasteiger partial charge in [-0.15, -0.1) is 0 Å². The Balaban J connectivity index is 2.58. The van der Waals surface area contributed by atoms with Crippen LogP contribution in [0.3, 0.4) is 0 Å². The van der Waals surface area contributed by atoms with Crippen molar-refractivity contribution < 1.29 is 14.3 Å². The molecule has 0 aliphatic heterocycles. The molecule has 1 amide bonds. The highest BCUT2D eigenvalue weighted by atomic mass is 79.9. The van der Waals surface area contributed by atoms with Crippen molar-refractivity contribution in [1.29, 1.82) is 0 Å². The van der Waals surface area contributed by atoms with Crippen LogP contribution in [0.25, 0.3) is 0 Å². The summed E-state index contributed by atoms with van der Waals surface area (Å²) in [6, 6.07) is 5.62. The number of nitrogens with two attached hydrogens (primary N) is 1. The molecule has 0 spiro atoms. The van der Waals surface area contributed by atoms with Crippen molar-refractivity contribution in [3.05, 3.63) is 28.2 Å². The van der Waals surface area contributed by atoms with E-state index in [4.69, 9.17) is 15.2 Å². The first-order valence-electron chi connectivity index (χ1n) is 6.50. The maximum atomic E-state index is 11.8. The van der Waals surface area contributed by atoms with Crippen LogP contribution in [0.5, 0.6) is 5.75 Å². The monoisotopic (exact) mass is 344 g/mol. The van der Waals surface area contributed by atoms with Crippen LogP contribution in [-0.4, -0.2) is 38.8 Å². The van der Waals surface area contributed by atoms with E-state index in [2.05, 4.69) is 21.2 Å². The van der Waals surface area contributed by atoms with Gasteiger partial charge in [0.1, 0.15) is 5.75 Å². The third-order valence-corrected chi connectivity index (χ3v) is 3.49. The predicted octanol–water partition coefficient (Wildman–Crippen LogP) is 1.48. The molecule has 20 heavy (non-hydrogen) atoms. The summed E-state index contributed by atoms with van der Waals surface area (Å²) < 4.78 is 11.5. The average Bonchev–Trinajstić information content (AvgIpc) is 2.43. The fourth-order valence-corrected chi connectivity index (χ4v) is 2.09. The number of nitrogens with one attached hydrogen (secondary N) is 1. The van der Waals surface area contributed by atoms with Crippen molar-refractivity contribution in [2.75, 3.05) is 26.8 Å². The Morgan fingerprint density at radius 2 is 2.25 bits per heavy atom. The van der Waals surface area contributed by atoms with Gasteiger partial charge < -0.3 is 20.5 Å². The summed E-state index contributed by atoms with van der Waals surface area (Å²) in [5.74, 6) is 0.497. The summed E-state index contributed by atoms with van der Waals surface area (Å²) in [4.78, 5) is 11.8. The van der Waals surface area contributed by atoms with E-state index in [1.54, 1.807) is 14.0 Å². The van der Waals surface area contributed by atoms with Gasteiger partial charge >= 0.3 is 0 Å². The van der Waals surface area contributed by atoms with Crippen LogP contribution in [-0.2, 0) is 16.0 Å². The molecular formula is C14H21BrN2O3. The summed E-state index contributed by atoms with van der Waals surface area (Å²) >= 11 is 3.46. The summed E-state index contributed by atoms with van der Waals surface area (Å²) in [6.07, 6.45) is 0.199. The number of carbonyl (C=O) groups is 1. The fourth-order valence-electron chi connectivity index (χ4n) is 1.65. The minimum atomic E-state index is -0.557. The normalized spacial score (nSPS) is 12.0. The SMILES string of the molecule is COCCNC(=O)C(C)Oc1ccc(Br)c(CCN)c1. The molecule has 1 rings (SSSR count). The second-order valence-electron chi connectivity index (χ2n) is 4.34. The molecule has 1 atom stereocenters. The lowest BCUT2D eigenvalue weighted by atomic mass is 10.1.